The molecule has 0 saturated heterocycles. The standard InChI is InChI=1S/C27H39N4O4S.C26H36N4O4S.HI/c1-20(2)30-26(21(3)31(4,5)6)17-27(28-30)36(32,33)29(18-22-9-13-24(34-7)14-10-22)19-23-11-15-25(35-8)16-12-23;1-19(2)30-25(20(3)28(4)5)16-26(27-30)35(31,32)29(17-21-8-12-23(33-6)13-9-21)18-22-10-14-24(34-7)15-11-22;/h9-17,20-21H,18-19H2,1-8H3;8-16,19-20H,17-18H2,1-7H3;1H/q+1;;/p-1. The lowest BCUT2D eigenvalue weighted by Gasteiger charge is -2.32. The number of ether oxygens (including phenoxy) is 4. The Hall–Kier alpha value is -5.03. The Morgan fingerprint density at radius 3 is 0.986 bits per heavy atom. The minimum Gasteiger partial charge on any atom is -1.00 e. The van der Waals surface area contributed by atoms with Crippen LogP contribution in [-0.4, -0.2) is 118 Å². The van der Waals surface area contributed by atoms with Crippen LogP contribution in [-0.2, 0) is 46.2 Å². The largest absolute Gasteiger partial charge is 1.00 e. The fourth-order valence-corrected chi connectivity index (χ4v) is 10.3. The van der Waals surface area contributed by atoms with E-state index in [1.807, 2.05) is 155 Å². The monoisotopic (exact) mass is 1140 g/mol. The van der Waals surface area contributed by atoms with Gasteiger partial charge in [-0.2, -0.15) is 18.8 Å². The van der Waals surface area contributed by atoms with E-state index >= 15 is 0 Å². The second-order valence-electron chi connectivity index (χ2n) is 19.3. The first kappa shape index (κ1) is 59.5. The van der Waals surface area contributed by atoms with E-state index in [0.29, 0.717) is 4.48 Å². The van der Waals surface area contributed by atoms with Crippen molar-refractivity contribution in [3.05, 3.63) is 143 Å². The van der Waals surface area contributed by atoms with Gasteiger partial charge in [-0.05, 0) is 126 Å². The topological polar surface area (TPSA) is 151 Å². The second kappa shape index (κ2) is 25.8. The number of nitrogens with zero attached hydrogens (tertiary/aromatic N) is 8. The van der Waals surface area contributed by atoms with E-state index in [9.17, 15) is 16.8 Å². The lowest BCUT2D eigenvalue weighted by atomic mass is 10.2. The highest BCUT2D eigenvalue weighted by molar-refractivity contribution is 7.89. The fourth-order valence-electron chi connectivity index (χ4n) is 7.59. The van der Waals surface area contributed by atoms with Crippen LogP contribution in [0.1, 0.15) is 99.4 Å². The van der Waals surface area contributed by atoms with Crippen LogP contribution in [0.15, 0.2) is 119 Å². The van der Waals surface area contributed by atoms with E-state index in [2.05, 4.69) is 38.3 Å². The molecule has 0 amide bonds. The van der Waals surface area contributed by atoms with Crippen LogP contribution in [0.25, 0.3) is 0 Å². The van der Waals surface area contributed by atoms with Gasteiger partial charge in [0.2, 0.25) is 0 Å². The maximum absolute atomic E-state index is 14.0. The molecular weight excluding hydrogens is 1070 g/mol. The molecule has 0 fully saturated rings. The summed E-state index contributed by atoms with van der Waals surface area (Å²) in [5, 5.41) is 9.29. The SMILES string of the molecule is COc1ccc(CN(Cc2ccc(OC)cc2)S(=O)(=O)c2cc(C(C)N(C)C)n(C(C)C)n2)cc1.COc1ccc(CN(Cc2ccc(OC)cc2)S(=O)(=O)c2cc(C(C)[N+](C)(C)C)n(C(C)C)n2)cc1.[I-]. The van der Waals surface area contributed by atoms with Crippen molar-refractivity contribution in [2.45, 2.75) is 102 Å². The summed E-state index contributed by atoms with van der Waals surface area (Å²) in [5.41, 5.74) is 5.18. The molecule has 0 spiro atoms. The highest BCUT2D eigenvalue weighted by atomic mass is 127. The van der Waals surface area contributed by atoms with Gasteiger partial charge in [0.05, 0.1) is 61.0 Å². The maximum Gasteiger partial charge on any atom is 0.263 e. The van der Waals surface area contributed by atoms with E-state index in [1.165, 1.54) is 8.61 Å². The van der Waals surface area contributed by atoms with Crippen LogP contribution >= 0.6 is 0 Å². The van der Waals surface area contributed by atoms with Gasteiger partial charge in [0.15, 0.2) is 10.1 Å². The molecule has 6 aromatic rings. The molecule has 0 aliphatic carbocycles. The van der Waals surface area contributed by atoms with Crippen LogP contribution in [0.3, 0.4) is 0 Å². The molecule has 16 nitrogen and oxygen atoms in total. The Kier molecular flexibility index (Phi) is 21.3. The molecule has 2 heterocycles. The van der Waals surface area contributed by atoms with Gasteiger partial charge in [0, 0.05) is 56.4 Å². The minimum atomic E-state index is -3.91. The molecule has 0 aliphatic rings. The van der Waals surface area contributed by atoms with Crippen LogP contribution in [0.5, 0.6) is 23.0 Å². The summed E-state index contributed by atoms with van der Waals surface area (Å²) < 4.78 is 84.2. The Morgan fingerprint density at radius 2 is 0.750 bits per heavy atom. The smallest absolute Gasteiger partial charge is 0.263 e. The molecule has 72 heavy (non-hydrogen) atoms. The van der Waals surface area contributed by atoms with Crippen molar-refractivity contribution >= 4 is 20.0 Å². The first-order chi connectivity index (χ1) is 33.4. The van der Waals surface area contributed by atoms with Crippen molar-refractivity contribution < 1.29 is 64.2 Å². The third-order valence-corrected chi connectivity index (χ3v) is 15.9. The molecule has 0 saturated carbocycles. The molecule has 0 N–H and O–H groups in total. The number of hydrogen-bond acceptors (Lipinski definition) is 11. The Balaban J connectivity index is 0.000000308. The maximum atomic E-state index is 14.0. The van der Waals surface area contributed by atoms with Crippen molar-refractivity contribution in [1.29, 1.82) is 0 Å². The van der Waals surface area contributed by atoms with Gasteiger partial charge in [-0.1, -0.05) is 48.5 Å². The van der Waals surface area contributed by atoms with Crippen molar-refractivity contribution in [3.63, 3.8) is 0 Å². The van der Waals surface area contributed by atoms with Crippen molar-refractivity contribution in [3.8, 4) is 23.0 Å². The summed E-state index contributed by atoms with van der Waals surface area (Å²) in [4.78, 5) is 2.04. The van der Waals surface area contributed by atoms with Gasteiger partial charge in [0.25, 0.3) is 20.0 Å². The van der Waals surface area contributed by atoms with Crippen LogP contribution in [0.4, 0.5) is 0 Å². The third kappa shape index (κ3) is 15.0. The average molecular weight is 1140 g/mol. The van der Waals surface area contributed by atoms with Gasteiger partial charge in [0.1, 0.15) is 29.0 Å². The predicted octanol–water partition coefficient (Wildman–Crippen LogP) is 6.14. The summed E-state index contributed by atoms with van der Waals surface area (Å²) in [6, 6.07) is 33.2. The average Bonchev–Trinajstić information content (AvgIpc) is 4.02. The van der Waals surface area contributed by atoms with E-state index in [4.69, 9.17) is 18.9 Å². The summed E-state index contributed by atoms with van der Waals surface area (Å²) >= 11 is 0. The van der Waals surface area contributed by atoms with Crippen molar-refractivity contribution in [2.24, 2.45) is 0 Å². The molecule has 2 unspecified atom stereocenters. The van der Waals surface area contributed by atoms with E-state index in [0.717, 1.165) is 56.6 Å². The molecule has 4 aromatic carbocycles. The molecule has 19 heteroatoms. The van der Waals surface area contributed by atoms with Crippen molar-refractivity contribution in [2.75, 3.05) is 63.7 Å². The molecule has 0 radical (unpaired) electrons. The Labute approximate surface area is 446 Å². The number of hydrogen-bond donors (Lipinski definition) is 0. The lowest BCUT2D eigenvalue weighted by Crippen LogP contribution is -3.00. The fraction of sp³-hybridized carbons (Fsp3) is 0.434. The number of benzene rings is 4. The zero-order chi connectivity index (χ0) is 52.4. The summed E-state index contributed by atoms with van der Waals surface area (Å²) in [7, 11) is 8.82. The first-order valence-electron chi connectivity index (χ1n) is 23.6. The number of quaternary nitrogens is 1. The highest BCUT2D eigenvalue weighted by Crippen LogP contribution is 2.31. The van der Waals surface area contributed by atoms with Crippen LogP contribution in [0, 0.1) is 0 Å². The molecule has 2 aromatic heterocycles. The summed E-state index contributed by atoms with van der Waals surface area (Å²) in [6.45, 7) is 13.0. The van der Waals surface area contributed by atoms with Crippen LogP contribution in [0.2, 0.25) is 0 Å². The summed E-state index contributed by atoms with van der Waals surface area (Å²) in [6.07, 6.45) is 0. The van der Waals surface area contributed by atoms with Gasteiger partial charge >= 0.3 is 0 Å². The number of methoxy groups -OCH3 is 4. The molecule has 394 valence electrons. The molecule has 6 rings (SSSR count). The Bertz CT molecular complexity index is 2750. The zero-order valence-corrected chi connectivity index (χ0v) is 48.4. The first-order valence-corrected chi connectivity index (χ1v) is 26.5. The number of sulfonamides is 2. The quantitative estimate of drug-likeness (QED) is 0.0570. The number of halogens is 1. The predicted molar refractivity (Wildman–Crippen MR) is 279 cm³/mol. The van der Waals surface area contributed by atoms with Crippen molar-refractivity contribution in [1.82, 2.24) is 33.1 Å². The second-order valence-corrected chi connectivity index (χ2v) is 23.0. The molecule has 2 atom stereocenters. The van der Waals surface area contributed by atoms with Gasteiger partial charge in [-0.3, -0.25) is 9.36 Å². The molecule has 0 bridgehead atoms. The van der Waals surface area contributed by atoms with Gasteiger partial charge < -0.3 is 52.3 Å². The molecular formula is C53H75IN8O8S2. The van der Waals surface area contributed by atoms with E-state index in [1.54, 1.807) is 45.3 Å². The van der Waals surface area contributed by atoms with E-state index < -0.39 is 20.0 Å². The van der Waals surface area contributed by atoms with Gasteiger partial charge in [-0.15, -0.1) is 0 Å². The zero-order valence-electron chi connectivity index (χ0n) is 44.6. The minimum absolute atomic E-state index is 0. The highest BCUT2D eigenvalue weighted by Gasteiger charge is 2.34. The normalized spacial score (nSPS) is 12.9. The summed E-state index contributed by atoms with van der Waals surface area (Å²) in [5.74, 6) is 2.88. The third-order valence-electron chi connectivity index (χ3n) is 12.5. The van der Waals surface area contributed by atoms with Gasteiger partial charge in [-0.25, -0.2) is 16.8 Å². The van der Waals surface area contributed by atoms with Crippen LogP contribution < -0.4 is 42.9 Å². The molecule has 0 aliphatic heterocycles. The lowest BCUT2D eigenvalue weighted by molar-refractivity contribution is -0.900. The Morgan fingerprint density at radius 1 is 0.486 bits per heavy atom. The number of rotatable bonds is 22. The van der Waals surface area contributed by atoms with E-state index in [-0.39, 0.29) is 84.4 Å². The number of aromatic nitrogens is 4.